The van der Waals surface area contributed by atoms with Gasteiger partial charge in [-0.25, -0.2) is 0 Å². The van der Waals surface area contributed by atoms with E-state index >= 15 is 0 Å². The molecule has 0 spiro atoms. The molecule has 1 aliphatic rings. The second-order valence-electron chi connectivity index (χ2n) is 5.64. The summed E-state index contributed by atoms with van der Waals surface area (Å²) in [7, 11) is 0. The monoisotopic (exact) mass is 255 g/mol. The molecule has 0 saturated heterocycles. The van der Waals surface area contributed by atoms with Crippen molar-refractivity contribution in [3.8, 4) is 12.3 Å². The van der Waals surface area contributed by atoms with Gasteiger partial charge in [-0.15, -0.1) is 12.3 Å². The van der Waals surface area contributed by atoms with Crippen molar-refractivity contribution in [2.24, 2.45) is 0 Å². The fourth-order valence-electron chi connectivity index (χ4n) is 3.12. The maximum Gasteiger partial charge on any atom is 0.0240 e. The quantitative estimate of drug-likeness (QED) is 0.781. The molecule has 0 bridgehead atoms. The van der Waals surface area contributed by atoms with Crippen molar-refractivity contribution in [3.05, 3.63) is 35.9 Å². The minimum absolute atomic E-state index is 0.503. The van der Waals surface area contributed by atoms with Gasteiger partial charge in [-0.3, -0.25) is 0 Å². The highest BCUT2D eigenvalue weighted by atomic mass is 14.9. The molecule has 1 saturated carbocycles. The second kappa shape index (κ2) is 7.36. The van der Waals surface area contributed by atoms with Gasteiger partial charge in [-0.1, -0.05) is 37.3 Å². The van der Waals surface area contributed by atoms with Gasteiger partial charge in [0.15, 0.2) is 0 Å². The molecule has 1 atom stereocenters. The van der Waals surface area contributed by atoms with Crippen molar-refractivity contribution >= 4 is 0 Å². The first-order valence-corrected chi connectivity index (χ1v) is 7.58. The summed E-state index contributed by atoms with van der Waals surface area (Å²) in [6.45, 7) is 2.21. The molecule has 1 aliphatic carbocycles. The van der Waals surface area contributed by atoms with Crippen LogP contribution in [-0.4, -0.2) is 12.1 Å². The van der Waals surface area contributed by atoms with Gasteiger partial charge >= 0.3 is 0 Å². The average molecular weight is 255 g/mol. The lowest BCUT2D eigenvalue weighted by atomic mass is 9.81. The summed E-state index contributed by atoms with van der Waals surface area (Å²) in [6, 6.07) is 12.1. The number of rotatable bonds is 5. The summed E-state index contributed by atoms with van der Waals surface area (Å²) in [5.74, 6) is 3.54. The van der Waals surface area contributed by atoms with Gasteiger partial charge in [0, 0.05) is 18.5 Å². The Bertz CT molecular complexity index is 395. The highest BCUT2D eigenvalue weighted by molar-refractivity contribution is 5.20. The van der Waals surface area contributed by atoms with E-state index in [4.69, 9.17) is 6.42 Å². The highest BCUT2D eigenvalue weighted by Gasteiger charge is 2.23. The van der Waals surface area contributed by atoms with Crippen LogP contribution in [0.25, 0.3) is 0 Å². The second-order valence-corrected chi connectivity index (χ2v) is 5.64. The van der Waals surface area contributed by atoms with Crippen LogP contribution in [0.15, 0.2) is 30.3 Å². The molecule has 1 aromatic carbocycles. The highest BCUT2D eigenvalue weighted by Crippen LogP contribution is 2.32. The van der Waals surface area contributed by atoms with Gasteiger partial charge in [-0.05, 0) is 43.6 Å². The topological polar surface area (TPSA) is 12.0 Å². The van der Waals surface area contributed by atoms with Gasteiger partial charge in [0.05, 0.1) is 0 Å². The summed E-state index contributed by atoms with van der Waals surface area (Å²) in [5.41, 5.74) is 1.51. The van der Waals surface area contributed by atoms with Gasteiger partial charge in [0.1, 0.15) is 0 Å². The maximum absolute atomic E-state index is 5.42. The fraction of sp³-hybridized carbons (Fsp3) is 0.556. The van der Waals surface area contributed by atoms with Crippen LogP contribution in [0.5, 0.6) is 0 Å². The lowest BCUT2D eigenvalue weighted by Gasteiger charge is -2.31. The molecule has 1 fully saturated rings. The van der Waals surface area contributed by atoms with Gasteiger partial charge < -0.3 is 5.32 Å². The van der Waals surface area contributed by atoms with Crippen molar-refractivity contribution in [1.82, 2.24) is 5.32 Å². The van der Waals surface area contributed by atoms with Gasteiger partial charge in [0.2, 0.25) is 0 Å². The summed E-state index contributed by atoms with van der Waals surface area (Å²) >= 11 is 0. The van der Waals surface area contributed by atoms with E-state index in [9.17, 15) is 0 Å². The lowest BCUT2D eigenvalue weighted by molar-refractivity contribution is 0.311. The van der Waals surface area contributed by atoms with E-state index < -0.39 is 0 Å². The molecule has 0 radical (unpaired) electrons. The Morgan fingerprint density at radius 2 is 1.89 bits per heavy atom. The van der Waals surface area contributed by atoms with Crippen LogP contribution in [0.2, 0.25) is 0 Å². The first kappa shape index (κ1) is 14.2. The van der Waals surface area contributed by atoms with Crippen LogP contribution in [0.4, 0.5) is 0 Å². The standard InChI is InChI=1S/C18H25N/c1-3-8-17(4-2)19-18-13-11-16(12-14-18)15-9-6-5-7-10-15/h1,5-7,9-10,16-19H,4,8,11-14H2,2H3. The Hall–Kier alpha value is -1.26. The first-order chi connectivity index (χ1) is 9.33. The molecule has 2 rings (SSSR count). The minimum Gasteiger partial charge on any atom is -0.310 e. The van der Waals surface area contributed by atoms with E-state index in [-0.39, 0.29) is 0 Å². The molecule has 0 aromatic heterocycles. The molecule has 1 heteroatoms. The number of nitrogens with one attached hydrogen (secondary N) is 1. The molecular weight excluding hydrogens is 230 g/mol. The van der Waals surface area contributed by atoms with Crippen molar-refractivity contribution in [1.29, 1.82) is 0 Å². The molecule has 0 amide bonds. The van der Waals surface area contributed by atoms with Crippen molar-refractivity contribution in [2.75, 3.05) is 0 Å². The van der Waals surface area contributed by atoms with Crippen LogP contribution in [-0.2, 0) is 0 Å². The zero-order chi connectivity index (χ0) is 13.5. The van der Waals surface area contributed by atoms with Crippen LogP contribution in [0.1, 0.15) is 56.9 Å². The SMILES string of the molecule is C#CCC(CC)NC1CCC(c2ccccc2)CC1. The van der Waals surface area contributed by atoms with Gasteiger partial charge in [-0.2, -0.15) is 0 Å². The van der Waals surface area contributed by atoms with E-state index in [1.165, 1.54) is 31.2 Å². The Kier molecular flexibility index (Phi) is 5.48. The molecule has 1 unspecified atom stereocenters. The first-order valence-electron chi connectivity index (χ1n) is 7.58. The normalized spacial score (nSPS) is 24.6. The molecule has 0 heterocycles. The molecule has 1 nitrogen and oxygen atoms in total. The predicted molar refractivity (Wildman–Crippen MR) is 82.1 cm³/mol. The molecular formula is C18H25N. The van der Waals surface area contributed by atoms with E-state index in [1.807, 2.05) is 0 Å². The number of benzene rings is 1. The summed E-state index contributed by atoms with van der Waals surface area (Å²) in [6.07, 6.45) is 12.6. The van der Waals surface area contributed by atoms with Gasteiger partial charge in [0.25, 0.3) is 0 Å². The Balaban J connectivity index is 1.81. The number of hydrogen-bond acceptors (Lipinski definition) is 1. The summed E-state index contributed by atoms with van der Waals surface area (Å²) in [5, 5.41) is 3.74. The van der Waals surface area contributed by atoms with Crippen LogP contribution >= 0.6 is 0 Å². The maximum atomic E-state index is 5.42. The smallest absolute Gasteiger partial charge is 0.0240 e. The fourth-order valence-corrected chi connectivity index (χ4v) is 3.12. The van der Waals surface area contributed by atoms with Crippen molar-refractivity contribution < 1.29 is 0 Å². The van der Waals surface area contributed by atoms with Crippen molar-refractivity contribution in [2.45, 2.75) is 63.5 Å². The zero-order valence-electron chi connectivity index (χ0n) is 11.9. The van der Waals surface area contributed by atoms with E-state index in [0.29, 0.717) is 12.1 Å². The van der Waals surface area contributed by atoms with Crippen molar-refractivity contribution in [3.63, 3.8) is 0 Å². The molecule has 102 valence electrons. The summed E-state index contributed by atoms with van der Waals surface area (Å²) in [4.78, 5) is 0. The Morgan fingerprint density at radius 1 is 1.21 bits per heavy atom. The minimum atomic E-state index is 0.503. The molecule has 0 aliphatic heterocycles. The lowest BCUT2D eigenvalue weighted by Crippen LogP contribution is -2.39. The molecule has 1 N–H and O–H groups in total. The third kappa shape index (κ3) is 4.11. The largest absolute Gasteiger partial charge is 0.310 e. The number of hydrogen-bond donors (Lipinski definition) is 1. The average Bonchev–Trinajstić information content (AvgIpc) is 2.48. The molecule has 19 heavy (non-hydrogen) atoms. The van der Waals surface area contributed by atoms with Crippen LogP contribution < -0.4 is 5.32 Å². The van der Waals surface area contributed by atoms with E-state index in [2.05, 4.69) is 48.5 Å². The van der Waals surface area contributed by atoms with E-state index in [1.54, 1.807) is 0 Å². The van der Waals surface area contributed by atoms with Crippen LogP contribution in [0.3, 0.4) is 0 Å². The molecule has 1 aromatic rings. The Morgan fingerprint density at radius 3 is 2.47 bits per heavy atom. The number of terminal acetylenes is 1. The predicted octanol–water partition coefficient (Wildman–Crippen LogP) is 4.10. The third-order valence-electron chi connectivity index (χ3n) is 4.33. The third-order valence-corrected chi connectivity index (χ3v) is 4.33. The van der Waals surface area contributed by atoms with Crippen LogP contribution in [0, 0.1) is 12.3 Å². The van der Waals surface area contributed by atoms with E-state index in [0.717, 1.165) is 18.8 Å². The summed E-state index contributed by atoms with van der Waals surface area (Å²) < 4.78 is 0. The Labute approximate surface area is 117 Å². The zero-order valence-corrected chi connectivity index (χ0v) is 11.9.